The van der Waals surface area contributed by atoms with E-state index in [1.54, 1.807) is 0 Å². The monoisotopic (exact) mass is 274 g/mol. The number of aromatic nitrogens is 2. The first-order chi connectivity index (χ1) is 9.45. The van der Waals surface area contributed by atoms with Crippen LogP contribution in [0.15, 0.2) is 0 Å². The number of aryl methyl sites for hydroxylation is 2. The molecular weight excluding hydrogens is 252 g/mol. The smallest absolute Gasteiger partial charge is 0.222 e. The number of aromatic amines is 1. The number of nitriles is 1. The Morgan fingerprint density at radius 3 is 2.60 bits per heavy atom. The molecule has 1 amide bonds. The van der Waals surface area contributed by atoms with Gasteiger partial charge in [-0.15, -0.1) is 0 Å². The van der Waals surface area contributed by atoms with Gasteiger partial charge in [0.05, 0.1) is 17.2 Å². The van der Waals surface area contributed by atoms with Gasteiger partial charge in [-0.25, -0.2) is 0 Å². The maximum Gasteiger partial charge on any atom is 0.222 e. The minimum Gasteiger partial charge on any atom is -0.343 e. The molecule has 2 rings (SSSR count). The molecule has 1 aliphatic rings. The van der Waals surface area contributed by atoms with Gasteiger partial charge in [0.25, 0.3) is 0 Å². The van der Waals surface area contributed by atoms with E-state index >= 15 is 0 Å². The number of amides is 1. The summed E-state index contributed by atoms with van der Waals surface area (Å²) in [4.78, 5) is 14.1. The van der Waals surface area contributed by atoms with Gasteiger partial charge in [-0.1, -0.05) is 0 Å². The molecule has 1 aromatic heterocycles. The van der Waals surface area contributed by atoms with Gasteiger partial charge in [0.15, 0.2) is 0 Å². The van der Waals surface area contributed by atoms with E-state index in [-0.39, 0.29) is 11.3 Å². The van der Waals surface area contributed by atoms with Crippen molar-refractivity contribution < 1.29 is 4.79 Å². The van der Waals surface area contributed by atoms with Crippen LogP contribution in [0.2, 0.25) is 0 Å². The maximum absolute atomic E-state index is 12.2. The lowest BCUT2D eigenvalue weighted by Crippen LogP contribution is -2.41. The van der Waals surface area contributed by atoms with E-state index < -0.39 is 0 Å². The molecule has 0 aromatic carbocycles. The predicted octanol–water partition coefficient (Wildman–Crippen LogP) is 2.11. The first kappa shape index (κ1) is 14.6. The fourth-order valence-electron chi connectivity index (χ4n) is 2.52. The topological polar surface area (TPSA) is 72.8 Å². The van der Waals surface area contributed by atoms with Gasteiger partial charge >= 0.3 is 0 Å². The summed E-state index contributed by atoms with van der Waals surface area (Å²) in [5, 5.41) is 16.3. The molecular formula is C15H22N4O. The third-order valence-electron chi connectivity index (χ3n) is 4.42. The number of likely N-dealkylation sites (tertiary alicyclic amines) is 1. The third kappa shape index (κ3) is 3.01. The molecule has 1 N–H and O–H groups in total. The van der Waals surface area contributed by atoms with Gasteiger partial charge in [-0.3, -0.25) is 9.89 Å². The second-order valence-corrected chi connectivity index (χ2v) is 5.97. The van der Waals surface area contributed by atoms with Crippen LogP contribution in [0, 0.1) is 30.6 Å². The molecule has 1 saturated heterocycles. The van der Waals surface area contributed by atoms with Gasteiger partial charge in [0.2, 0.25) is 5.91 Å². The quantitative estimate of drug-likeness (QED) is 0.917. The summed E-state index contributed by atoms with van der Waals surface area (Å²) in [5.74, 6) is 0.171. The van der Waals surface area contributed by atoms with Gasteiger partial charge in [0.1, 0.15) is 0 Å². The van der Waals surface area contributed by atoms with Crippen molar-refractivity contribution in [3.63, 3.8) is 0 Å². The predicted molar refractivity (Wildman–Crippen MR) is 75.9 cm³/mol. The van der Waals surface area contributed by atoms with Crippen molar-refractivity contribution in [1.82, 2.24) is 15.1 Å². The van der Waals surface area contributed by atoms with E-state index in [2.05, 4.69) is 16.3 Å². The Kier molecular flexibility index (Phi) is 4.12. The zero-order chi connectivity index (χ0) is 14.8. The molecule has 0 unspecified atom stereocenters. The fraction of sp³-hybridized carbons (Fsp3) is 0.667. The Balaban J connectivity index is 1.85. The van der Waals surface area contributed by atoms with Crippen LogP contribution in [0.1, 0.15) is 43.1 Å². The molecule has 0 atom stereocenters. The zero-order valence-corrected chi connectivity index (χ0v) is 12.5. The van der Waals surface area contributed by atoms with E-state index in [9.17, 15) is 4.79 Å². The molecule has 0 radical (unpaired) electrons. The summed E-state index contributed by atoms with van der Waals surface area (Å²) in [6.45, 7) is 7.38. The summed E-state index contributed by atoms with van der Waals surface area (Å²) in [6, 6.07) is 2.36. The summed E-state index contributed by atoms with van der Waals surface area (Å²) in [7, 11) is 0. The molecule has 0 saturated carbocycles. The highest BCUT2D eigenvalue weighted by molar-refractivity contribution is 5.76. The fourth-order valence-corrected chi connectivity index (χ4v) is 2.52. The molecule has 5 heteroatoms. The Bertz CT molecular complexity index is 533. The normalized spacial score (nSPS) is 17.8. The first-order valence-corrected chi connectivity index (χ1v) is 7.15. The van der Waals surface area contributed by atoms with Crippen LogP contribution in [0.3, 0.4) is 0 Å². The minimum atomic E-state index is -0.257. The van der Waals surface area contributed by atoms with Crippen LogP contribution in [0.4, 0.5) is 0 Å². The molecule has 20 heavy (non-hydrogen) atoms. The standard InChI is InChI=1S/C15H22N4O/c1-11-12(2)17-18-13(11)4-5-14(20)19-8-6-15(3,10-16)7-9-19/h4-9H2,1-3H3,(H,17,18). The van der Waals surface area contributed by atoms with Crippen molar-refractivity contribution >= 4 is 5.91 Å². The van der Waals surface area contributed by atoms with Crippen molar-refractivity contribution in [2.24, 2.45) is 5.41 Å². The van der Waals surface area contributed by atoms with Crippen LogP contribution < -0.4 is 0 Å². The van der Waals surface area contributed by atoms with E-state index in [0.717, 1.165) is 29.8 Å². The zero-order valence-electron chi connectivity index (χ0n) is 12.5. The number of nitrogens with one attached hydrogen (secondary N) is 1. The largest absolute Gasteiger partial charge is 0.343 e. The molecule has 1 aromatic rings. The Labute approximate surface area is 120 Å². The molecule has 1 fully saturated rings. The van der Waals surface area contributed by atoms with Crippen molar-refractivity contribution in [3.8, 4) is 6.07 Å². The lowest BCUT2D eigenvalue weighted by molar-refractivity contribution is -0.132. The molecule has 0 aliphatic carbocycles. The summed E-state index contributed by atoms with van der Waals surface area (Å²) in [5.41, 5.74) is 2.94. The maximum atomic E-state index is 12.2. The van der Waals surface area contributed by atoms with Crippen molar-refractivity contribution in [1.29, 1.82) is 5.26 Å². The second-order valence-electron chi connectivity index (χ2n) is 5.97. The van der Waals surface area contributed by atoms with Crippen LogP contribution in [0.25, 0.3) is 0 Å². The van der Waals surface area contributed by atoms with Crippen LogP contribution in [-0.4, -0.2) is 34.1 Å². The van der Waals surface area contributed by atoms with Crippen molar-refractivity contribution in [2.75, 3.05) is 13.1 Å². The molecule has 2 heterocycles. The van der Waals surface area contributed by atoms with Gasteiger partial charge < -0.3 is 4.90 Å². The van der Waals surface area contributed by atoms with Crippen molar-refractivity contribution in [3.05, 3.63) is 17.0 Å². The van der Waals surface area contributed by atoms with Gasteiger partial charge in [-0.05, 0) is 39.2 Å². The molecule has 0 bridgehead atoms. The number of nitrogens with zero attached hydrogens (tertiary/aromatic N) is 3. The second kappa shape index (κ2) is 5.66. The number of hydrogen-bond acceptors (Lipinski definition) is 3. The third-order valence-corrected chi connectivity index (χ3v) is 4.42. The Hall–Kier alpha value is -1.83. The SMILES string of the molecule is Cc1[nH]nc(CCC(=O)N2CCC(C)(C#N)CC2)c1C. The van der Waals surface area contributed by atoms with Crippen molar-refractivity contribution in [2.45, 2.75) is 46.5 Å². The number of piperidine rings is 1. The lowest BCUT2D eigenvalue weighted by atomic mass is 9.82. The highest BCUT2D eigenvalue weighted by Gasteiger charge is 2.31. The molecule has 108 valence electrons. The highest BCUT2D eigenvalue weighted by Crippen LogP contribution is 2.30. The summed E-state index contributed by atoms with van der Waals surface area (Å²) in [6.07, 6.45) is 2.72. The highest BCUT2D eigenvalue weighted by atomic mass is 16.2. The first-order valence-electron chi connectivity index (χ1n) is 7.15. The van der Waals surface area contributed by atoms with Crippen LogP contribution in [-0.2, 0) is 11.2 Å². The van der Waals surface area contributed by atoms with E-state index in [0.29, 0.717) is 25.9 Å². The average Bonchev–Trinajstić information content (AvgIpc) is 2.77. The van der Waals surface area contributed by atoms with E-state index in [1.165, 1.54) is 0 Å². The lowest BCUT2D eigenvalue weighted by Gasteiger charge is -2.35. The number of carbonyl (C=O) groups excluding carboxylic acids is 1. The van der Waals surface area contributed by atoms with E-state index in [1.807, 2.05) is 25.7 Å². The average molecular weight is 274 g/mol. The molecule has 5 nitrogen and oxygen atoms in total. The summed E-state index contributed by atoms with van der Waals surface area (Å²) >= 11 is 0. The Morgan fingerprint density at radius 1 is 1.45 bits per heavy atom. The number of rotatable bonds is 3. The van der Waals surface area contributed by atoms with Gasteiger partial charge in [0, 0.05) is 31.6 Å². The molecule has 1 aliphatic heterocycles. The van der Waals surface area contributed by atoms with E-state index in [4.69, 9.17) is 5.26 Å². The van der Waals surface area contributed by atoms with Gasteiger partial charge in [-0.2, -0.15) is 10.4 Å². The summed E-state index contributed by atoms with van der Waals surface area (Å²) < 4.78 is 0. The van der Waals surface area contributed by atoms with Crippen LogP contribution >= 0.6 is 0 Å². The number of H-pyrrole nitrogens is 1. The number of carbonyl (C=O) groups is 1. The Morgan fingerprint density at radius 2 is 2.10 bits per heavy atom. The minimum absolute atomic E-state index is 0.171. The van der Waals surface area contributed by atoms with Crippen LogP contribution in [0.5, 0.6) is 0 Å². The molecule has 0 spiro atoms. The number of hydrogen-bond donors (Lipinski definition) is 1.